The molecular weight excluding hydrogens is 340 g/mol. The summed E-state index contributed by atoms with van der Waals surface area (Å²) in [7, 11) is -3.52. The Balaban J connectivity index is 1.62. The van der Waals surface area contributed by atoms with Crippen molar-refractivity contribution in [2.45, 2.75) is 51.9 Å². The summed E-state index contributed by atoms with van der Waals surface area (Å²) in [6, 6.07) is 3.85. The Morgan fingerprint density at radius 3 is 2.56 bits per heavy atom. The monoisotopic (exact) mass is 368 g/mol. The predicted octanol–water partition coefficient (Wildman–Crippen LogP) is 1.52. The molecule has 0 spiro atoms. The zero-order valence-electron chi connectivity index (χ0n) is 15.0. The molecule has 0 saturated carbocycles. The van der Waals surface area contributed by atoms with Crippen LogP contribution in [0.1, 0.15) is 38.7 Å². The van der Waals surface area contributed by atoms with Crippen LogP contribution in [-0.2, 0) is 21.5 Å². The smallest absolute Gasteiger partial charge is 0.279 e. The number of morpholine rings is 1. The van der Waals surface area contributed by atoms with Crippen LogP contribution in [0.15, 0.2) is 18.3 Å². The van der Waals surface area contributed by atoms with Gasteiger partial charge in [0.15, 0.2) is 0 Å². The molecule has 2 saturated heterocycles. The van der Waals surface area contributed by atoms with E-state index >= 15 is 0 Å². The van der Waals surface area contributed by atoms with Crippen molar-refractivity contribution in [3.63, 3.8) is 0 Å². The molecular formula is C17H28N4O3S. The molecule has 2 atom stereocenters. The molecule has 7 nitrogen and oxygen atoms in total. The molecule has 2 fully saturated rings. The van der Waals surface area contributed by atoms with E-state index in [4.69, 9.17) is 4.74 Å². The molecule has 2 aliphatic heterocycles. The van der Waals surface area contributed by atoms with Gasteiger partial charge >= 0.3 is 0 Å². The summed E-state index contributed by atoms with van der Waals surface area (Å²) in [4.78, 5) is 6.71. The minimum absolute atomic E-state index is 0.0908. The van der Waals surface area contributed by atoms with Gasteiger partial charge < -0.3 is 9.64 Å². The van der Waals surface area contributed by atoms with E-state index in [2.05, 4.69) is 14.6 Å². The Kier molecular flexibility index (Phi) is 5.93. The number of pyridine rings is 1. The highest BCUT2D eigenvalue weighted by atomic mass is 32.2. The third-order valence-corrected chi connectivity index (χ3v) is 6.16. The van der Waals surface area contributed by atoms with Crippen molar-refractivity contribution in [2.75, 3.05) is 31.1 Å². The van der Waals surface area contributed by atoms with Gasteiger partial charge in [0.2, 0.25) is 0 Å². The highest BCUT2D eigenvalue weighted by Gasteiger charge is 2.30. The van der Waals surface area contributed by atoms with Crippen molar-refractivity contribution in [2.24, 2.45) is 0 Å². The summed E-state index contributed by atoms with van der Waals surface area (Å²) < 4.78 is 34.9. The minimum Gasteiger partial charge on any atom is -0.373 e. The number of anilines is 1. The quantitative estimate of drug-likeness (QED) is 0.853. The predicted molar refractivity (Wildman–Crippen MR) is 97.6 cm³/mol. The standard InChI is InChI=1S/C17H28N4O3S/c1-14-12-21(13-15(2)24-14)25(22,23)19-11-16-6-7-18-17(10-16)20-8-4-3-5-9-20/h6-7,10,14-15,19H,3-5,8-9,11-13H2,1-2H3. The zero-order chi connectivity index (χ0) is 17.9. The first-order chi connectivity index (χ1) is 11.9. The van der Waals surface area contributed by atoms with Crippen molar-refractivity contribution < 1.29 is 13.2 Å². The molecule has 140 valence electrons. The topological polar surface area (TPSA) is 74.8 Å². The van der Waals surface area contributed by atoms with E-state index in [1.165, 1.54) is 23.6 Å². The molecule has 1 aromatic rings. The lowest BCUT2D eigenvalue weighted by Gasteiger charge is -2.34. The van der Waals surface area contributed by atoms with Crippen LogP contribution in [0.4, 0.5) is 5.82 Å². The maximum atomic E-state index is 12.6. The number of piperidine rings is 1. The maximum Gasteiger partial charge on any atom is 0.279 e. The highest BCUT2D eigenvalue weighted by molar-refractivity contribution is 7.87. The number of aromatic nitrogens is 1. The summed E-state index contributed by atoms with van der Waals surface area (Å²) >= 11 is 0. The number of ether oxygens (including phenoxy) is 1. The SMILES string of the molecule is CC1CN(S(=O)(=O)NCc2ccnc(N3CCCCC3)c2)CC(C)O1. The summed E-state index contributed by atoms with van der Waals surface area (Å²) in [5.41, 5.74) is 0.925. The number of hydrogen-bond donors (Lipinski definition) is 1. The second-order valence-electron chi connectivity index (χ2n) is 6.97. The molecule has 25 heavy (non-hydrogen) atoms. The summed E-state index contributed by atoms with van der Waals surface area (Å²) in [5, 5.41) is 0. The molecule has 2 aliphatic rings. The van der Waals surface area contributed by atoms with Gasteiger partial charge in [-0.2, -0.15) is 17.4 Å². The molecule has 0 aromatic carbocycles. The van der Waals surface area contributed by atoms with E-state index in [1.807, 2.05) is 26.0 Å². The number of rotatable bonds is 5. The lowest BCUT2D eigenvalue weighted by Crippen LogP contribution is -2.51. The Morgan fingerprint density at radius 1 is 1.20 bits per heavy atom. The van der Waals surface area contributed by atoms with Crippen molar-refractivity contribution in [3.8, 4) is 0 Å². The molecule has 3 rings (SSSR count). The fourth-order valence-electron chi connectivity index (χ4n) is 3.46. The van der Waals surface area contributed by atoms with Gasteiger partial charge in [-0.25, -0.2) is 4.98 Å². The fourth-order valence-corrected chi connectivity index (χ4v) is 4.80. The summed E-state index contributed by atoms with van der Waals surface area (Å²) in [6.45, 7) is 6.87. The van der Waals surface area contributed by atoms with Crippen LogP contribution in [0.5, 0.6) is 0 Å². The first-order valence-electron chi connectivity index (χ1n) is 9.04. The van der Waals surface area contributed by atoms with Crippen LogP contribution in [0.25, 0.3) is 0 Å². The van der Waals surface area contributed by atoms with E-state index < -0.39 is 10.2 Å². The molecule has 0 bridgehead atoms. The van der Waals surface area contributed by atoms with Crippen molar-refractivity contribution in [1.29, 1.82) is 0 Å². The second kappa shape index (κ2) is 7.99. The first kappa shape index (κ1) is 18.6. The Bertz CT molecular complexity index is 666. The van der Waals surface area contributed by atoms with Crippen LogP contribution in [-0.4, -0.2) is 56.1 Å². The molecule has 0 radical (unpaired) electrons. The molecule has 2 unspecified atom stereocenters. The average molecular weight is 369 g/mol. The largest absolute Gasteiger partial charge is 0.373 e. The van der Waals surface area contributed by atoms with E-state index in [0.29, 0.717) is 13.1 Å². The Hall–Kier alpha value is -1.22. The second-order valence-corrected chi connectivity index (χ2v) is 8.73. The van der Waals surface area contributed by atoms with Crippen LogP contribution >= 0.6 is 0 Å². The van der Waals surface area contributed by atoms with Gasteiger partial charge in [0.25, 0.3) is 10.2 Å². The van der Waals surface area contributed by atoms with Gasteiger partial charge in [-0.1, -0.05) is 0 Å². The Labute approximate surface area is 150 Å². The molecule has 3 heterocycles. The average Bonchev–Trinajstić information content (AvgIpc) is 2.60. The molecule has 1 aromatic heterocycles. The van der Waals surface area contributed by atoms with Gasteiger partial charge in [0, 0.05) is 38.9 Å². The van der Waals surface area contributed by atoms with Crippen LogP contribution in [0.3, 0.4) is 0 Å². The summed E-state index contributed by atoms with van der Waals surface area (Å²) in [5.74, 6) is 0.935. The van der Waals surface area contributed by atoms with E-state index in [1.54, 1.807) is 6.20 Å². The number of nitrogens with one attached hydrogen (secondary N) is 1. The van der Waals surface area contributed by atoms with E-state index in [-0.39, 0.29) is 18.8 Å². The van der Waals surface area contributed by atoms with Crippen LogP contribution in [0.2, 0.25) is 0 Å². The fraction of sp³-hybridized carbons (Fsp3) is 0.706. The van der Waals surface area contributed by atoms with Gasteiger partial charge in [-0.15, -0.1) is 0 Å². The first-order valence-corrected chi connectivity index (χ1v) is 10.5. The third-order valence-electron chi connectivity index (χ3n) is 4.67. The number of nitrogens with zero attached hydrogens (tertiary/aromatic N) is 3. The van der Waals surface area contributed by atoms with Gasteiger partial charge in [0.05, 0.1) is 12.2 Å². The molecule has 0 amide bonds. The lowest BCUT2D eigenvalue weighted by atomic mass is 10.1. The maximum absolute atomic E-state index is 12.6. The van der Waals surface area contributed by atoms with E-state index in [0.717, 1.165) is 24.5 Å². The third kappa shape index (κ3) is 4.91. The van der Waals surface area contributed by atoms with Gasteiger partial charge in [-0.05, 0) is 50.8 Å². The molecule has 1 N–H and O–H groups in total. The van der Waals surface area contributed by atoms with Crippen molar-refractivity contribution in [3.05, 3.63) is 23.9 Å². The molecule has 8 heteroatoms. The number of hydrogen-bond acceptors (Lipinski definition) is 5. The van der Waals surface area contributed by atoms with Crippen molar-refractivity contribution >= 4 is 16.0 Å². The molecule has 0 aliphatic carbocycles. The normalized spacial score (nSPS) is 25.9. The minimum atomic E-state index is -3.52. The van der Waals surface area contributed by atoms with Crippen LogP contribution in [0, 0.1) is 0 Å². The van der Waals surface area contributed by atoms with E-state index in [9.17, 15) is 8.42 Å². The highest BCUT2D eigenvalue weighted by Crippen LogP contribution is 2.19. The lowest BCUT2D eigenvalue weighted by molar-refractivity contribution is -0.0444. The van der Waals surface area contributed by atoms with Crippen molar-refractivity contribution in [1.82, 2.24) is 14.0 Å². The van der Waals surface area contributed by atoms with Gasteiger partial charge in [-0.3, -0.25) is 0 Å². The van der Waals surface area contributed by atoms with Gasteiger partial charge in [0.1, 0.15) is 5.82 Å². The zero-order valence-corrected chi connectivity index (χ0v) is 15.8. The summed E-state index contributed by atoms with van der Waals surface area (Å²) in [6.07, 6.45) is 5.22. The van der Waals surface area contributed by atoms with Crippen LogP contribution < -0.4 is 9.62 Å². The Morgan fingerprint density at radius 2 is 1.88 bits per heavy atom.